The predicted molar refractivity (Wildman–Crippen MR) is 103 cm³/mol. The molecule has 1 saturated heterocycles. The maximum Gasteiger partial charge on any atom is 0.223 e. The van der Waals surface area contributed by atoms with Gasteiger partial charge in [0, 0.05) is 24.2 Å². The molecule has 1 aliphatic rings. The molecule has 0 unspecified atom stereocenters. The Bertz CT molecular complexity index is 918. The number of hydrogen-bond acceptors (Lipinski definition) is 7. The van der Waals surface area contributed by atoms with Gasteiger partial charge in [0.15, 0.2) is 0 Å². The van der Waals surface area contributed by atoms with Gasteiger partial charge in [-0.15, -0.1) is 11.3 Å². The molecular weight excluding hydrogens is 363 g/mol. The van der Waals surface area contributed by atoms with Crippen molar-refractivity contribution in [1.82, 2.24) is 25.3 Å². The van der Waals surface area contributed by atoms with Gasteiger partial charge in [-0.25, -0.2) is 19.3 Å². The van der Waals surface area contributed by atoms with Crippen molar-refractivity contribution in [3.8, 4) is 10.6 Å². The van der Waals surface area contributed by atoms with Crippen LogP contribution >= 0.6 is 11.3 Å². The van der Waals surface area contributed by atoms with Crippen LogP contribution in [-0.2, 0) is 5.54 Å². The van der Waals surface area contributed by atoms with Crippen LogP contribution in [0.3, 0.4) is 0 Å². The summed E-state index contributed by atoms with van der Waals surface area (Å²) in [4.78, 5) is 17.5. The van der Waals surface area contributed by atoms with Crippen LogP contribution in [0.4, 0.5) is 10.3 Å². The Labute approximate surface area is 161 Å². The third kappa shape index (κ3) is 3.81. The second-order valence-electron chi connectivity index (χ2n) is 7.03. The van der Waals surface area contributed by atoms with E-state index in [1.807, 2.05) is 13.8 Å². The molecule has 3 aromatic heterocycles. The standard InChI is InChI=1S/C19H20FN6S/c1-19(2,16-13(20)5-3-8-22-16)26-18-23-9-12(10-24-18)17-25-15(11-27-17)14-6-4-7-21-14/h3,5,8-10,14,21H,4,6-7H2,1-2H3,(H,23,24,26)/t14-/m0/s1. The summed E-state index contributed by atoms with van der Waals surface area (Å²) in [5.74, 6) is 0.0463. The summed E-state index contributed by atoms with van der Waals surface area (Å²) in [7, 11) is 0. The molecule has 27 heavy (non-hydrogen) atoms. The maximum absolute atomic E-state index is 14.0. The first kappa shape index (κ1) is 17.9. The van der Waals surface area contributed by atoms with Gasteiger partial charge >= 0.3 is 0 Å². The van der Waals surface area contributed by atoms with Crippen LogP contribution in [0.25, 0.3) is 10.6 Å². The van der Waals surface area contributed by atoms with Crippen LogP contribution in [0.5, 0.6) is 0 Å². The lowest BCUT2D eigenvalue weighted by Crippen LogP contribution is -2.31. The number of nitrogens with one attached hydrogen (secondary N) is 2. The Kier molecular flexibility index (Phi) is 4.84. The first-order valence-electron chi connectivity index (χ1n) is 8.86. The SMILES string of the molecule is CC(C)(Nc1ncc(-c2nc([C@@H]3CCCN3)[c]s2)cn1)c1ncccc1F. The van der Waals surface area contributed by atoms with Crippen LogP contribution in [0, 0.1) is 11.2 Å². The van der Waals surface area contributed by atoms with E-state index in [9.17, 15) is 4.39 Å². The van der Waals surface area contributed by atoms with Gasteiger partial charge in [-0.3, -0.25) is 4.98 Å². The minimum Gasteiger partial charge on any atom is -0.344 e. The van der Waals surface area contributed by atoms with E-state index in [-0.39, 0.29) is 5.82 Å². The zero-order valence-electron chi connectivity index (χ0n) is 15.2. The van der Waals surface area contributed by atoms with E-state index in [4.69, 9.17) is 0 Å². The molecule has 0 amide bonds. The number of thiazole rings is 1. The summed E-state index contributed by atoms with van der Waals surface area (Å²) in [6.45, 7) is 4.71. The van der Waals surface area contributed by atoms with Crippen molar-refractivity contribution in [2.45, 2.75) is 38.3 Å². The number of anilines is 1. The topological polar surface area (TPSA) is 75.6 Å². The van der Waals surface area contributed by atoms with E-state index in [0.717, 1.165) is 29.2 Å². The van der Waals surface area contributed by atoms with Gasteiger partial charge in [-0.2, -0.15) is 0 Å². The predicted octanol–water partition coefficient (Wildman–Crippen LogP) is 3.71. The molecule has 1 fully saturated rings. The van der Waals surface area contributed by atoms with Crippen LogP contribution in [0.1, 0.15) is 44.1 Å². The lowest BCUT2D eigenvalue weighted by atomic mass is 9.99. The average molecular weight is 383 g/mol. The van der Waals surface area contributed by atoms with Crippen LogP contribution < -0.4 is 10.6 Å². The molecule has 4 heterocycles. The van der Waals surface area contributed by atoms with Gasteiger partial charge < -0.3 is 10.6 Å². The van der Waals surface area contributed by atoms with Gasteiger partial charge in [-0.05, 0) is 45.4 Å². The molecule has 139 valence electrons. The molecular formula is C19H20FN6S. The number of aromatic nitrogens is 4. The first-order chi connectivity index (χ1) is 13.0. The summed E-state index contributed by atoms with van der Waals surface area (Å²) < 4.78 is 14.0. The summed E-state index contributed by atoms with van der Waals surface area (Å²) in [5, 5.41) is 10.7. The van der Waals surface area contributed by atoms with Gasteiger partial charge in [0.1, 0.15) is 16.5 Å². The Morgan fingerprint density at radius 1 is 1.30 bits per heavy atom. The minimum absolute atomic E-state index is 0.297. The van der Waals surface area contributed by atoms with Crippen LogP contribution in [0.15, 0.2) is 30.7 Å². The third-order valence-electron chi connectivity index (χ3n) is 4.54. The zero-order chi connectivity index (χ0) is 18.9. The van der Waals surface area contributed by atoms with Gasteiger partial charge in [-0.1, -0.05) is 0 Å². The van der Waals surface area contributed by atoms with E-state index < -0.39 is 5.54 Å². The summed E-state index contributed by atoms with van der Waals surface area (Å²) in [6.07, 6.45) is 7.28. The Morgan fingerprint density at radius 2 is 2.11 bits per heavy atom. The molecule has 6 nitrogen and oxygen atoms in total. The highest BCUT2D eigenvalue weighted by atomic mass is 32.1. The molecule has 8 heteroatoms. The van der Waals surface area contributed by atoms with Crippen molar-refractivity contribution in [2.75, 3.05) is 11.9 Å². The first-order valence-corrected chi connectivity index (χ1v) is 9.68. The quantitative estimate of drug-likeness (QED) is 0.700. The molecule has 1 radical (unpaired) electrons. The molecule has 1 aliphatic heterocycles. The van der Waals surface area contributed by atoms with Crippen LogP contribution in [0.2, 0.25) is 0 Å². The smallest absolute Gasteiger partial charge is 0.223 e. The van der Waals surface area contributed by atoms with Crippen molar-refractivity contribution < 1.29 is 4.39 Å². The Hall–Kier alpha value is -2.45. The maximum atomic E-state index is 14.0. The summed E-state index contributed by atoms with van der Waals surface area (Å²) in [5.41, 5.74) is 1.37. The summed E-state index contributed by atoms with van der Waals surface area (Å²) in [6, 6.07) is 3.26. The number of pyridine rings is 1. The fourth-order valence-electron chi connectivity index (χ4n) is 3.13. The van der Waals surface area contributed by atoms with Crippen molar-refractivity contribution >= 4 is 17.3 Å². The van der Waals surface area contributed by atoms with E-state index in [0.29, 0.717) is 17.7 Å². The summed E-state index contributed by atoms with van der Waals surface area (Å²) >= 11 is 1.47. The highest BCUT2D eigenvalue weighted by Gasteiger charge is 2.26. The van der Waals surface area contributed by atoms with E-state index in [1.165, 1.54) is 23.8 Å². The van der Waals surface area contributed by atoms with Gasteiger partial charge in [0.05, 0.1) is 22.7 Å². The van der Waals surface area contributed by atoms with E-state index in [2.05, 4.69) is 35.9 Å². The number of hydrogen-bond donors (Lipinski definition) is 2. The highest BCUT2D eigenvalue weighted by molar-refractivity contribution is 7.12. The average Bonchev–Trinajstić information content (AvgIpc) is 3.34. The second kappa shape index (κ2) is 7.28. The van der Waals surface area contributed by atoms with Crippen molar-refractivity contribution in [1.29, 1.82) is 0 Å². The monoisotopic (exact) mass is 383 g/mol. The van der Waals surface area contributed by atoms with Crippen molar-refractivity contribution in [3.63, 3.8) is 0 Å². The van der Waals surface area contributed by atoms with Gasteiger partial charge in [0.2, 0.25) is 5.95 Å². The minimum atomic E-state index is -0.747. The molecule has 4 rings (SSSR count). The molecule has 0 aromatic carbocycles. The normalized spacial score (nSPS) is 17.2. The Balaban J connectivity index is 1.50. The second-order valence-corrected chi connectivity index (χ2v) is 7.83. The lowest BCUT2D eigenvalue weighted by Gasteiger charge is -2.25. The molecule has 3 aromatic rings. The lowest BCUT2D eigenvalue weighted by molar-refractivity contribution is 0.510. The van der Waals surface area contributed by atoms with E-state index in [1.54, 1.807) is 24.7 Å². The Morgan fingerprint density at radius 3 is 2.81 bits per heavy atom. The van der Waals surface area contributed by atoms with Gasteiger partial charge in [0.25, 0.3) is 0 Å². The largest absolute Gasteiger partial charge is 0.344 e. The highest BCUT2D eigenvalue weighted by Crippen LogP contribution is 2.29. The molecule has 0 bridgehead atoms. The fourth-order valence-corrected chi connectivity index (χ4v) is 3.89. The van der Waals surface area contributed by atoms with Crippen molar-refractivity contribution in [2.24, 2.45) is 0 Å². The fraction of sp³-hybridized carbons (Fsp3) is 0.368. The number of nitrogens with zero attached hydrogens (tertiary/aromatic N) is 4. The number of halogens is 1. The van der Waals surface area contributed by atoms with E-state index >= 15 is 0 Å². The molecule has 1 atom stereocenters. The zero-order valence-corrected chi connectivity index (χ0v) is 16.0. The molecule has 0 saturated carbocycles. The van der Waals surface area contributed by atoms with Crippen LogP contribution in [-0.4, -0.2) is 26.5 Å². The third-order valence-corrected chi connectivity index (χ3v) is 5.37. The number of rotatable bonds is 5. The molecule has 0 aliphatic carbocycles. The molecule has 0 spiro atoms. The van der Waals surface area contributed by atoms with Crippen molar-refractivity contribution in [3.05, 3.63) is 53.3 Å². The molecule has 2 N–H and O–H groups in total.